The molecule has 0 unspecified atom stereocenters. The second kappa shape index (κ2) is 7.67. The summed E-state index contributed by atoms with van der Waals surface area (Å²) in [6, 6.07) is 5.09. The molecule has 0 bridgehead atoms. The molecule has 1 heterocycles. The molecule has 24 heavy (non-hydrogen) atoms. The zero-order valence-electron chi connectivity index (χ0n) is 13.6. The first kappa shape index (κ1) is 17.6. The lowest BCUT2D eigenvalue weighted by molar-refractivity contribution is -0.137. The van der Waals surface area contributed by atoms with Crippen LogP contribution < -0.4 is 19.7 Å². The Kier molecular flexibility index (Phi) is 5.62. The van der Waals surface area contributed by atoms with E-state index in [2.05, 4.69) is 5.32 Å². The standard InChI is InChI=1S/C16H20N2O6/c1-23-12-6-11(7-13(8-12)24-2)18-9-10(5-14(18)19)16(22)17-4-3-15(20)21/h6-8,10H,3-5,9H2,1-2H3,(H,17,22)(H,20,21)/t10-/m1/s1. The molecule has 1 atom stereocenters. The largest absolute Gasteiger partial charge is 0.497 e. The number of amides is 2. The van der Waals surface area contributed by atoms with Crippen molar-refractivity contribution < 1.29 is 29.0 Å². The van der Waals surface area contributed by atoms with Crippen LogP contribution in [0.4, 0.5) is 5.69 Å². The van der Waals surface area contributed by atoms with Gasteiger partial charge in [-0.05, 0) is 0 Å². The van der Waals surface area contributed by atoms with Crippen molar-refractivity contribution in [1.29, 1.82) is 0 Å². The molecule has 2 N–H and O–H groups in total. The molecule has 0 spiro atoms. The predicted molar refractivity (Wildman–Crippen MR) is 85.3 cm³/mol. The van der Waals surface area contributed by atoms with Gasteiger partial charge >= 0.3 is 5.97 Å². The molecule has 2 amide bonds. The summed E-state index contributed by atoms with van der Waals surface area (Å²) in [5, 5.41) is 11.1. The second-order valence-electron chi connectivity index (χ2n) is 5.41. The smallest absolute Gasteiger partial charge is 0.305 e. The molecular weight excluding hydrogens is 316 g/mol. The van der Waals surface area contributed by atoms with Crippen LogP contribution in [0.5, 0.6) is 11.5 Å². The quantitative estimate of drug-likeness (QED) is 0.757. The number of carboxylic acid groups (broad SMARTS) is 1. The van der Waals surface area contributed by atoms with Crippen LogP contribution in [0.1, 0.15) is 12.8 Å². The number of carbonyl (C=O) groups is 3. The number of nitrogens with zero attached hydrogens (tertiary/aromatic N) is 1. The van der Waals surface area contributed by atoms with Crippen molar-refractivity contribution in [2.24, 2.45) is 5.92 Å². The summed E-state index contributed by atoms with van der Waals surface area (Å²) in [6.45, 7) is 0.278. The van der Waals surface area contributed by atoms with Gasteiger partial charge in [-0.2, -0.15) is 0 Å². The third-order valence-electron chi connectivity index (χ3n) is 3.78. The van der Waals surface area contributed by atoms with E-state index in [0.29, 0.717) is 17.2 Å². The fraction of sp³-hybridized carbons (Fsp3) is 0.438. The van der Waals surface area contributed by atoms with Gasteiger partial charge in [0, 0.05) is 37.7 Å². The van der Waals surface area contributed by atoms with E-state index in [4.69, 9.17) is 14.6 Å². The summed E-state index contributed by atoms with van der Waals surface area (Å²) < 4.78 is 10.4. The first-order chi connectivity index (χ1) is 11.4. The molecule has 8 heteroatoms. The first-order valence-corrected chi connectivity index (χ1v) is 7.47. The summed E-state index contributed by atoms with van der Waals surface area (Å²) in [7, 11) is 3.03. The molecular formula is C16H20N2O6. The van der Waals surface area contributed by atoms with Gasteiger partial charge < -0.3 is 24.8 Å². The molecule has 1 fully saturated rings. The minimum absolute atomic E-state index is 0.0475. The van der Waals surface area contributed by atoms with Gasteiger partial charge in [0.2, 0.25) is 11.8 Å². The van der Waals surface area contributed by atoms with Gasteiger partial charge in [0.15, 0.2) is 0 Å². The van der Waals surface area contributed by atoms with Crippen molar-refractivity contribution >= 4 is 23.5 Å². The summed E-state index contributed by atoms with van der Waals surface area (Å²) in [5.41, 5.74) is 0.594. The molecule has 2 rings (SSSR count). The van der Waals surface area contributed by atoms with Crippen molar-refractivity contribution in [3.05, 3.63) is 18.2 Å². The Balaban J connectivity index is 2.07. The van der Waals surface area contributed by atoms with E-state index in [-0.39, 0.29) is 37.7 Å². The molecule has 0 aromatic heterocycles. The van der Waals surface area contributed by atoms with Crippen LogP contribution in [-0.2, 0) is 14.4 Å². The third-order valence-corrected chi connectivity index (χ3v) is 3.78. The fourth-order valence-electron chi connectivity index (χ4n) is 2.52. The predicted octanol–water partition coefficient (Wildman–Crippen LogP) is 0.648. The lowest BCUT2D eigenvalue weighted by Gasteiger charge is -2.18. The van der Waals surface area contributed by atoms with Crippen molar-refractivity contribution in [2.45, 2.75) is 12.8 Å². The number of nitrogens with one attached hydrogen (secondary N) is 1. The molecule has 1 aromatic carbocycles. The summed E-state index contributed by atoms with van der Waals surface area (Å²) in [6.07, 6.45) is -0.0678. The number of ether oxygens (including phenoxy) is 2. The molecule has 8 nitrogen and oxygen atoms in total. The Morgan fingerprint density at radius 1 is 1.25 bits per heavy atom. The minimum Gasteiger partial charge on any atom is -0.497 e. The lowest BCUT2D eigenvalue weighted by Crippen LogP contribution is -2.34. The van der Waals surface area contributed by atoms with Crippen LogP contribution in [0, 0.1) is 5.92 Å². The SMILES string of the molecule is COc1cc(OC)cc(N2C[C@H](C(=O)NCCC(=O)O)CC2=O)c1. The van der Waals surface area contributed by atoms with Gasteiger partial charge in [-0.25, -0.2) is 0 Å². The Morgan fingerprint density at radius 2 is 1.88 bits per heavy atom. The van der Waals surface area contributed by atoms with Crippen LogP contribution in [0.2, 0.25) is 0 Å². The van der Waals surface area contributed by atoms with Gasteiger partial charge in [-0.15, -0.1) is 0 Å². The van der Waals surface area contributed by atoms with Gasteiger partial charge in [-0.3, -0.25) is 14.4 Å². The average molecular weight is 336 g/mol. The van der Waals surface area contributed by atoms with Gasteiger partial charge in [-0.1, -0.05) is 0 Å². The first-order valence-electron chi connectivity index (χ1n) is 7.47. The maximum absolute atomic E-state index is 12.2. The number of anilines is 1. The number of carboxylic acids is 1. The van der Waals surface area contributed by atoms with E-state index >= 15 is 0 Å². The molecule has 1 saturated heterocycles. The summed E-state index contributed by atoms with van der Waals surface area (Å²) >= 11 is 0. The van der Waals surface area contributed by atoms with E-state index in [9.17, 15) is 14.4 Å². The monoisotopic (exact) mass is 336 g/mol. The highest BCUT2D eigenvalue weighted by Crippen LogP contribution is 2.32. The van der Waals surface area contributed by atoms with Gasteiger partial charge in [0.1, 0.15) is 11.5 Å². The highest BCUT2D eigenvalue weighted by Gasteiger charge is 2.35. The number of aliphatic carboxylic acids is 1. The maximum atomic E-state index is 12.2. The molecule has 1 aliphatic heterocycles. The van der Waals surface area contributed by atoms with E-state index in [1.165, 1.54) is 19.1 Å². The van der Waals surface area contributed by atoms with Crippen LogP contribution in [0.25, 0.3) is 0 Å². The highest BCUT2D eigenvalue weighted by molar-refractivity contribution is 6.00. The molecule has 1 aliphatic rings. The molecule has 0 radical (unpaired) electrons. The van der Waals surface area contributed by atoms with Crippen LogP contribution in [-0.4, -0.2) is 50.2 Å². The van der Waals surface area contributed by atoms with Crippen molar-refractivity contribution in [2.75, 3.05) is 32.2 Å². The fourth-order valence-corrected chi connectivity index (χ4v) is 2.52. The normalized spacial score (nSPS) is 16.8. The Hall–Kier alpha value is -2.77. The Bertz CT molecular complexity index is 623. The van der Waals surface area contributed by atoms with E-state index in [1.807, 2.05) is 0 Å². The number of carbonyl (C=O) groups excluding carboxylic acids is 2. The number of methoxy groups -OCH3 is 2. The van der Waals surface area contributed by atoms with Crippen molar-refractivity contribution in [3.8, 4) is 11.5 Å². The summed E-state index contributed by atoms with van der Waals surface area (Å²) in [5.74, 6) is -0.893. The van der Waals surface area contributed by atoms with E-state index < -0.39 is 11.9 Å². The van der Waals surface area contributed by atoms with Crippen molar-refractivity contribution in [3.63, 3.8) is 0 Å². The second-order valence-corrected chi connectivity index (χ2v) is 5.41. The maximum Gasteiger partial charge on any atom is 0.305 e. The number of benzene rings is 1. The van der Waals surface area contributed by atoms with Crippen molar-refractivity contribution in [1.82, 2.24) is 5.32 Å². The third kappa shape index (κ3) is 4.15. The molecule has 130 valence electrons. The van der Waals surface area contributed by atoms with Gasteiger partial charge in [0.25, 0.3) is 0 Å². The van der Waals surface area contributed by atoms with Gasteiger partial charge in [0.05, 0.1) is 32.2 Å². The van der Waals surface area contributed by atoms with Crippen LogP contribution in [0.15, 0.2) is 18.2 Å². The molecule has 0 saturated carbocycles. The molecule has 1 aromatic rings. The van der Waals surface area contributed by atoms with E-state index in [0.717, 1.165) is 0 Å². The number of rotatable bonds is 7. The lowest BCUT2D eigenvalue weighted by atomic mass is 10.1. The summed E-state index contributed by atoms with van der Waals surface area (Å²) in [4.78, 5) is 36.3. The van der Waals surface area contributed by atoms with Crippen LogP contribution >= 0.6 is 0 Å². The van der Waals surface area contributed by atoms with E-state index in [1.54, 1.807) is 18.2 Å². The Morgan fingerprint density at radius 3 is 2.42 bits per heavy atom. The highest BCUT2D eigenvalue weighted by atomic mass is 16.5. The zero-order valence-corrected chi connectivity index (χ0v) is 13.6. The topological polar surface area (TPSA) is 105 Å². The molecule has 0 aliphatic carbocycles. The number of hydrogen-bond acceptors (Lipinski definition) is 5. The average Bonchev–Trinajstić information content (AvgIpc) is 2.95. The van der Waals surface area contributed by atoms with Crippen LogP contribution in [0.3, 0.4) is 0 Å². The minimum atomic E-state index is -0.983. The zero-order chi connectivity index (χ0) is 17.7. The Labute approximate surface area is 139 Å². The number of hydrogen-bond donors (Lipinski definition) is 2.